The van der Waals surface area contributed by atoms with Crippen LogP contribution in [0.15, 0.2) is 35.7 Å². The van der Waals surface area contributed by atoms with Crippen molar-refractivity contribution in [2.24, 2.45) is 0 Å². The summed E-state index contributed by atoms with van der Waals surface area (Å²) in [4.78, 5) is 21.5. The smallest absolute Gasteiger partial charge is 0.233 e. The summed E-state index contributed by atoms with van der Waals surface area (Å²) < 4.78 is 2.08. The van der Waals surface area contributed by atoms with E-state index in [2.05, 4.69) is 60.3 Å². The second-order valence-electron chi connectivity index (χ2n) is 7.17. The molecule has 140 valence electrons. The Morgan fingerprint density at radius 2 is 1.92 bits per heavy atom. The molecule has 0 spiro atoms. The number of aromatic nitrogens is 2. The van der Waals surface area contributed by atoms with Crippen LogP contribution in [0.2, 0.25) is 0 Å². The van der Waals surface area contributed by atoms with Crippen molar-refractivity contribution in [2.75, 3.05) is 31.9 Å². The Morgan fingerprint density at radius 3 is 2.62 bits per heavy atom. The Morgan fingerprint density at radius 1 is 1.19 bits per heavy atom. The van der Waals surface area contributed by atoms with Crippen LogP contribution in [0.3, 0.4) is 0 Å². The summed E-state index contributed by atoms with van der Waals surface area (Å²) in [6.07, 6.45) is 3.77. The summed E-state index contributed by atoms with van der Waals surface area (Å²) in [7, 11) is 0. The molecule has 1 fully saturated rings. The van der Waals surface area contributed by atoms with Crippen LogP contribution in [-0.2, 0) is 4.79 Å². The summed E-state index contributed by atoms with van der Waals surface area (Å²) in [5.41, 5.74) is 3.55. The molecule has 1 saturated heterocycles. The quantitative estimate of drug-likeness (QED) is 0.756. The highest BCUT2D eigenvalue weighted by Crippen LogP contribution is 2.24. The van der Waals surface area contributed by atoms with Crippen LogP contribution in [-0.4, -0.2) is 63.2 Å². The second kappa shape index (κ2) is 8.27. The van der Waals surface area contributed by atoms with E-state index in [1.165, 1.54) is 22.9 Å². The first-order chi connectivity index (χ1) is 12.5. The maximum atomic E-state index is 12.6. The fraction of sp³-hybridized carbons (Fsp3) is 0.500. The van der Waals surface area contributed by atoms with Crippen molar-refractivity contribution in [1.29, 1.82) is 0 Å². The van der Waals surface area contributed by atoms with Crippen LogP contribution in [0.5, 0.6) is 0 Å². The minimum Gasteiger partial charge on any atom is -0.339 e. The summed E-state index contributed by atoms with van der Waals surface area (Å²) in [5, 5.41) is 0.868. The third kappa shape index (κ3) is 4.30. The highest BCUT2D eigenvalue weighted by molar-refractivity contribution is 7.99. The topological polar surface area (TPSA) is 41.4 Å². The van der Waals surface area contributed by atoms with Gasteiger partial charge in [-0.15, -0.1) is 0 Å². The van der Waals surface area contributed by atoms with Crippen molar-refractivity contribution in [1.82, 2.24) is 19.4 Å². The lowest BCUT2D eigenvalue weighted by Crippen LogP contribution is -2.51. The summed E-state index contributed by atoms with van der Waals surface area (Å²) >= 11 is 1.52. The van der Waals surface area contributed by atoms with Gasteiger partial charge in [-0.3, -0.25) is 14.3 Å². The van der Waals surface area contributed by atoms with Crippen molar-refractivity contribution in [3.63, 3.8) is 0 Å². The van der Waals surface area contributed by atoms with E-state index < -0.39 is 0 Å². The number of amides is 1. The Labute approximate surface area is 160 Å². The van der Waals surface area contributed by atoms with Crippen molar-refractivity contribution in [3.05, 3.63) is 41.7 Å². The Bertz CT molecular complexity index is 763. The van der Waals surface area contributed by atoms with Crippen LogP contribution in [0, 0.1) is 13.8 Å². The van der Waals surface area contributed by atoms with Gasteiger partial charge in [0.2, 0.25) is 5.91 Å². The Kier molecular flexibility index (Phi) is 6.04. The molecular formula is C20H28N4OS. The molecule has 2 aromatic rings. The average molecular weight is 373 g/mol. The van der Waals surface area contributed by atoms with Gasteiger partial charge in [0.25, 0.3) is 0 Å². The van der Waals surface area contributed by atoms with Crippen molar-refractivity contribution < 1.29 is 4.79 Å². The monoisotopic (exact) mass is 372 g/mol. The van der Waals surface area contributed by atoms with E-state index in [-0.39, 0.29) is 5.91 Å². The van der Waals surface area contributed by atoms with Crippen LogP contribution in [0.1, 0.15) is 25.0 Å². The van der Waals surface area contributed by atoms with Gasteiger partial charge in [-0.25, -0.2) is 4.98 Å². The van der Waals surface area contributed by atoms with Crippen LogP contribution < -0.4 is 0 Å². The van der Waals surface area contributed by atoms with Gasteiger partial charge in [-0.2, -0.15) is 0 Å². The van der Waals surface area contributed by atoms with Crippen molar-refractivity contribution >= 4 is 17.7 Å². The van der Waals surface area contributed by atoms with Gasteiger partial charge in [-0.05, 0) is 44.9 Å². The van der Waals surface area contributed by atoms with Gasteiger partial charge < -0.3 is 4.90 Å². The molecule has 0 unspecified atom stereocenters. The molecule has 6 heteroatoms. The largest absolute Gasteiger partial charge is 0.339 e. The highest BCUT2D eigenvalue weighted by Gasteiger charge is 2.22. The third-order valence-electron chi connectivity index (χ3n) is 4.95. The standard InChI is InChI=1S/C20H28N4OS/c1-15(2)22-9-11-23(12-10-22)19(25)14-26-20-21-7-8-24(20)18-13-16(3)5-6-17(18)4/h5-8,13,15H,9-12,14H2,1-4H3. The number of thioether (sulfide) groups is 1. The van der Waals surface area contributed by atoms with E-state index in [1.807, 2.05) is 11.1 Å². The summed E-state index contributed by atoms with van der Waals surface area (Å²) in [6, 6.07) is 6.95. The van der Waals surface area contributed by atoms with E-state index in [9.17, 15) is 4.79 Å². The molecule has 5 nitrogen and oxygen atoms in total. The van der Waals surface area contributed by atoms with E-state index in [0.717, 1.165) is 37.0 Å². The van der Waals surface area contributed by atoms with Crippen LogP contribution in [0.25, 0.3) is 5.69 Å². The number of carbonyl (C=O) groups excluding carboxylic acids is 1. The van der Waals surface area contributed by atoms with Gasteiger partial charge in [0.05, 0.1) is 11.4 Å². The second-order valence-corrected chi connectivity index (χ2v) is 8.11. The molecule has 0 aliphatic carbocycles. The summed E-state index contributed by atoms with van der Waals surface area (Å²) in [6.45, 7) is 12.2. The van der Waals surface area contributed by atoms with Crippen molar-refractivity contribution in [2.45, 2.75) is 38.9 Å². The van der Waals surface area contributed by atoms with E-state index in [0.29, 0.717) is 11.8 Å². The van der Waals surface area contributed by atoms with E-state index in [4.69, 9.17) is 0 Å². The molecule has 1 aromatic heterocycles. The minimum absolute atomic E-state index is 0.203. The zero-order chi connectivity index (χ0) is 18.7. The average Bonchev–Trinajstić information content (AvgIpc) is 3.10. The molecule has 1 aromatic carbocycles. The van der Waals surface area contributed by atoms with E-state index in [1.54, 1.807) is 6.20 Å². The first-order valence-corrected chi connectivity index (χ1v) is 10.2. The maximum Gasteiger partial charge on any atom is 0.233 e. The van der Waals surface area contributed by atoms with Crippen molar-refractivity contribution in [3.8, 4) is 5.69 Å². The van der Waals surface area contributed by atoms with Crippen LogP contribution >= 0.6 is 11.8 Å². The molecule has 0 saturated carbocycles. The zero-order valence-corrected chi connectivity index (χ0v) is 16.9. The van der Waals surface area contributed by atoms with Gasteiger partial charge >= 0.3 is 0 Å². The molecule has 1 aliphatic heterocycles. The molecule has 0 N–H and O–H groups in total. The molecule has 26 heavy (non-hydrogen) atoms. The normalized spacial score (nSPS) is 15.7. The number of imidazole rings is 1. The maximum absolute atomic E-state index is 12.6. The first-order valence-electron chi connectivity index (χ1n) is 9.21. The molecular weight excluding hydrogens is 344 g/mol. The number of hydrogen-bond donors (Lipinski definition) is 0. The SMILES string of the molecule is Cc1ccc(C)c(-n2ccnc2SCC(=O)N2CCN(C(C)C)CC2)c1. The predicted molar refractivity (Wildman–Crippen MR) is 107 cm³/mol. The number of piperazine rings is 1. The number of hydrogen-bond acceptors (Lipinski definition) is 4. The molecule has 0 radical (unpaired) electrons. The number of aryl methyl sites for hydroxylation is 2. The third-order valence-corrected chi connectivity index (χ3v) is 5.90. The van der Waals surface area contributed by atoms with Crippen LogP contribution in [0.4, 0.5) is 0 Å². The highest BCUT2D eigenvalue weighted by atomic mass is 32.2. The van der Waals surface area contributed by atoms with E-state index >= 15 is 0 Å². The summed E-state index contributed by atoms with van der Waals surface area (Å²) in [5.74, 6) is 0.637. The number of carbonyl (C=O) groups is 1. The predicted octanol–water partition coefficient (Wildman–Crippen LogP) is 3.13. The minimum atomic E-state index is 0.203. The number of nitrogens with zero attached hydrogens (tertiary/aromatic N) is 4. The molecule has 0 atom stereocenters. The van der Waals surface area contributed by atoms with Gasteiger partial charge in [0, 0.05) is 44.6 Å². The Balaban J connectivity index is 1.62. The fourth-order valence-corrected chi connectivity index (χ4v) is 4.13. The molecule has 2 heterocycles. The molecule has 3 rings (SSSR count). The van der Waals surface area contributed by atoms with Gasteiger partial charge in [0.1, 0.15) is 0 Å². The van der Waals surface area contributed by atoms with Gasteiger partial charge in [-0.1, -0.05) is 23.9 Å². The lowest BCUT2D eigenvalue weighted by molar-refractivity contribution is -0.130. The lowest BCUT2D eigenvalue weighted by atomic mass is 10.1. The molecule has 1 aliphatic rings. The molecule has 1 amide bonds. The number of benzene rings is 1. The first kappa shape index (κ1) is 19.0. The Hall–Kier alpha value is -1.79. The molecule has 0 bridgehead atoms. The number of rotatable bonds is 5. The zero-order valence-electron chi connectivity index (χ0n) is 16.1. The van der Waals surface area contributed by atoms with Gasteiger partial charge in [0.15, 0.2) is 5.16 Å². The fourth-order valence-electron chi connectivity index (χ4n) is 3.26. The lowest BCUT2D eigenvalue weighted by Gasteiger charge is -2.36.